The fourth-order valence-corrected chi connectivity index (χ4v) is 2.51. The highest BCUT2D eigenvalue weighted by molar-refractivity contribution is 5.71. The molecule has 2 N–H and O–H groups in total. The Morgan fingerprint density at radius 1 is 1.50 bits per heavy atom. The summed E-state index contributed by atoms with van der Waals surface area (Å²) in [6.45, 7) is 1.66. The molecule has 5 nitrogen and oxygen atoms in total. The Bertz CT molecular complexity index is 495. The van der Waals surface area contributed by atoms with Crippen molar-refractivity contribution in [3.63, 3.8) is 0 Å². The molecule has 1 aromatic carbocycles. The van der Waals surface area contributed by atoms with E-state index < -0.39 is 5.60 Å². The molecule has 0 amide bonds. The van der Waals surface area contributed by atoms with Gasteiger partial charge in [-0.15, -0.1) is 0 Å². The number of cyclic esters (lactones) is 1. The number of ether oxygens (including phenoxy) is 2. The maximum atomic E-state index is 11.4. The fourth-order valence-electron chi connectivity index (χ4n) is 2.51. The lowest BCUT2D eigenvalue weighted by atomic mass is 9.89. The quantitative estimate of drug-likeness (QED) is 0.822. The number of phenols is 1. The summed E-state index contributed by atoms with van der Waals surface area (Å²) in [5.41, 5.74) is 0.00744. The Hall–Kier alpha value is -1.75. The van der Waals surface area contributed by atoms with Crippen molar-refractivity contribution in [2.24, 2.45) is 0 Å². The molecule has 1 aliphatic rings. The van der Waals surface area contributed by atoms with Gasteiger partial charge in [0.2, 0.25) is 0 Å². The van der Waals surface area contributed by atoms with Crippen molar-refractivity contribution in [1.82, 2.24) is 0 Å². The molecule has 0 saturated carbocycles. The van der Waals surface area contributed by atoms with Gasteiger partial charge in [-0.1, -0.05) is 6.07 Å². The number of hydrogen-bond acceptors (Lipinski definition) is 5. The lowest BCUT2D eigenvalue weighted by molar-refractivity contribution is -0.168. The number of methoxy groups -OCH3 is 1. The van der Waals surface area contributed by atoms with Crippen molar-refractivity contribution in [2.45, 2.75) is 44.3 Å². The van der Waals surface area contributed by atoms with E-state index in [0.29, 0.717) is 25.0 Å². The van der Waals surface area contributed by atoms with Gasteiger partial charge in [0.05, 0.1) is 19.1 Å². The number of carbonyl (C=O) groups excluding carboxylic acids is 1. The molecule has 0 bridgehead atoms. The molecular formula is C15H20O5. The number of aromatic hydroxyl groups is 1. The molecule has 5 heteroatoms. The molecule has 1 aliphatic heterocycles. The van der Waals surface area contributed by atoms with E-state index in [1.165, 1.54) is 7.11 Å². The molecule has 0 spiro atoms. The Kier molecular flexibility index (Phi) is 4.18. The second kappa shape index (κ2) is 5.71. The van der Waals surface area contributed by atoms with Gasteiger partial charge < -0.3 is 19.7 Å². The van der Waals surface area contributed by atoms with E-state index in [2.05, 4.69) is 0 Å². The van der Waals surface area contributed by atoms with Crippen LogP contribution in [0.1, 0.15) is 31.7 Å². The molecular weight excluding hydrogens is 260 g/mol. The third-order valence-corrected chi connectivity index (χ3v) is 3.49. The molecule has 2 rings (SSSR count). The summed E-state index contributed by atoms with van der Waals surface area (Å²) in [4.78, 5) is 11.4. The van der Waals surface area contributed by atoms with E-state index in [9.17, 15) is 15.0 Å². The largest absolute Gasteiger partial charge is 0.504 e. The molecule has 1 heterocycles. The molecule has 2 unspecified atom stereocenters. The van der Waals surface area contributed by atoms with Crippen LogP contribution in [0.3, 0.4) is 0 Å². The van der Waals surface area contributed by atoms with Crippen molar-refractivity contribution >= 4 is 5.97 Å². The Balaban J connectivity index is 1.96. The van der Waals surface area contributed by atoms with Crippen molar-refractivity contribution in [2.75, 3.05) is 7.11 Å². The summed E-state index contributed by atoms with van der Waals surface area (Å²) in [5.74, 6) is 0.174. The van der Waals surface area contributed by atoms with E-state index in [0.717, 1.165) is 5.56 Å². The van der Waals surface area contributed by atoms with Crippen molar-refractivity contribution < 1.29 is 24.5 Å². The van der Waals surface area contributed by atoms with E-state index in [4.69, 9.17) is 9.47 Å². The van der Waals surface area contributed by atoms with Crippen LogP contribution in [0.25, 0.3) is 0 Å². The van der Waals surface area contributed by atoms with Crippen LogP contribution in [0.2, 0.25) is 0 Å². The van der Waals surface area contributed by atoms with Crippen molar-refractivity contribution in [3.8, 4) is 11.5 Å². The first-order valence-corrected chi connectivity index (χ1v) is 6.67. The van der Waals surface area contributed by atoms with Crippen molar-refractivity contribution in [3.05, 3.63) is 23.8 Å². The Labute approximate surface area is 118 Å². The summed E-state index contributed by atoms with van der Waals surface area (Å²) >= 11 is 0. The monoisotopic (exact) mass is 280 g/mol. The van der Waals surface area contributed by atoms with E-state index in [1.807, 2.05) is 0 Å². The van der Waals surface area contributed by atoms with Crippen LogP contribution in [0.4, 0.5) is 0 Å². The summed E-state index contributed by atoms with van der Waals surface area (Å²) in [6, 6.07) is 5.15. The van der Waals surface area contributed by atoms with Crippen LogP contribution in [0.15, 0.2) is 18.2 Å². The van der Waals surface area contributed by atoms with E-state index in [-0.39, 0.29) is 24.2 Å². The summed E-state index contributed by atoms with van der Waals surface area (Å²) in [6.07, 6.45) is 1.55. The minimum absolute atomic E-state index is 0.0521. The van der Waals surface area contributed by atoms with Gasteiger partial charge in [-0.2, -0.15) is 0 Å². The first-order chi connectivity index (χ1) is 9.39. The van der Waals surface area contributed by atoms with Crippen LogP contribution in [0.5, 0.6) is 11.5 Å². The minimum Gasteiger partial charge on any atom is -0.504 e. The standard InChI is InChI=1S/C15H20O5/c1-15(18)8-11(20-14(17)9-15)5-3-10-4-6-12(16)13(7-10)19-2/h4,6-7,11,16,18H,3,5,8-9H2,1-2H3. The SMILES string of the molecule is COc1cc(CCC2CC(C)(O)CC(=O)O2)ccc1O. The van der Waals surface area contributed by atoms with Crippen LogP contribution >= 0.6 is 0 Å². The minimum atomic E-state index is -0.980. The normalized spacial score (nSPS) is 26.1. The first-order valence-electron chi connectivity index (χ1n) is 6.67. The van der Waals surface area contributed by atoms with Gasteiger partial charge in [-0.05, 0) is 37.5 Å². The van der Waals surface area contributed by atoms with Crippen LogP contribution in [-0.2, 0) is 16.0 Å². The molecule has 0 radical (unpaired) electrons. The maximum Gasteiger partial charge on any atom is 0.308 e. The van der Waals surface area contributed by atoms with Crippen LogP contribution < -0.4 is 4.74 Å². The summed E-state index contributed by atoms with van der Waals surface area (Å²) in [5, 5.41) is 19.5. The number of esters is 1. The van der Waals surface area contributed by atoms with Gasteiger partial charge in [-0.3, -0.25) is 4.79 Å². The van der Waals surface area contributed by atoms with Gasteiger partial charge in [0.1, 0.15) is 6.10 Å². The lowest BCUT2D eigenvalue weighted by Gasteiger charge is -2.33. The molecule has 1 fully saturated rings. The number of carbonyl (C=O) groups is 1. The van der Waals surface area contributed by atoms with E-state index in [1.54, 1.807) is 25.1 Å². The number of hydrogen-bond donors (Lipinski definition) is 2. The lowest BCUT2D eigenvalue weighted by Crippen LogP contribution is -2.41. The van der Waals surface area contributed by atoms with E-state index >= 15 is 0 Å². The van der Waals surface area contributed by atoms with Gasteiger partial charge >= 0.3 is 5.97 Å². The highest BCUT2D eigenvalue weighted by Crippen LogP contribution is 2.30. The van der Waals surface area contributed by atoms with Crippen LogP contribution in [-0.4, -0.2) is 35.0 Å². The molecule has 0 aromatic heterocycles. The number of aryl methyl sites for hydroxylation is 1. The zero-order valence-corrected chi connectivity index (χ0v) is 11.8. The average Bonchev–Trinajstić information content (AvgIpc) is 2.35. The van der Waals surface area contributed by atoms with Gasteiger partial charge in [-0.25, -0.2) is 0 Å². The predicted octanol–water partition coefficient (Wildman–Crippen LogP) is 1.79. The summed E-state index contributed by atoms with van der Waals surface area (Å²) < 4.78 is 10.3. The second-order valence-electron chi connectivity index (χ2n) is 5.53. The zero-order chi connectivity index (χ0) is 14.8. The first kappa shape index (κ1) is 14.7. The Morgan fingerprint density at radius 2 is 2.25 bits per heavy atom. The third-order valence-electron chi connectivity index (χ3n) is 3.49. The number of benzene rings is 1. The third kappa shape index (κ3) is 3.63. The molecule has 0 aliphatic carbocycles. The molecule has 1 aromatic rings. The van der Waals surface area contributed by atoms with Gasteiger partial charge in [0.25, 0.3) is 0 Å². The highest BCUT2D eigenvalue weighted by atomic mass is 16.5. The maximum absolute atomic E-state index is 11.4. The van der Waals surface area contributed by atoms with Gasteiger partial charge in [0.15, 0.2) is 11.5 Å². The molecule has 2 atom stereocenters. The summed E-state index contributed by atoms with van der Waals surface area (Å²) in [7, 11) is 1.50. The predicted molar refractivity (Wildman–Crippen MR) is 72.7 cm³/mol. The highest BCUT2D eigenvalue weighted by Gasteiger charge is 2.35. The number of phenolic OH excluding ortho intramolecular Hbond substituents is 1. The van der Waals surface area contributed by atoms with Gasteiger partial charge in [0, 0.05) is 6.42 Å². The Morgan fingerprint density at radius 3 is 2.90 bits per heavy atom. The fraction of sp³-hybridized carbons (Fsp3) is 0.533. The average molecular weight is 280 g/mol. The second-order valence-corrected chi connectivity index (χ2v) is 5.53. The van der Waals surface area contributed by atoms with Crippen molar-refractivity contribution in [1.29, 1.82) is 0 Å². The molecule has 1 saturated heterocycles. The zero-order valence-electron chi connectivity index (χ0n) is 11.8. The topological polar surface area (TPSA) is 76.0 Å². The van der Waals surface area contributed by atoms with Crippen LogP contribution in [0, 0.1) is 0 Å². The number of rotatable bonds is 4. The molecule has 20 heavy (non-hydrogen) atoms. The smallest absolute Gasteiger partial charge is 0.308 e. The number of aliphatic hydroxyl groups is 1. The molecule has 110 valence electrons.